The van der Waals surface area contributed by atoms with Gasteiger partial charge in [-0.15, -0.1) is 0 Å². The predicted molar refractivity (Wildman–Crippen MR) is 48.6 cm³/mol. The molecule has 64 valence electrons. The van der Waals surface area contributed by atoms with E-state index in [1.807, 2.05) is 0 Å². The van der Waals surface area contributed by atoms with Gasteiger partial charge in [-0.2, -0.15) is 0 Å². The third-order valence-electron chi connectivity index (χ3n) is 1.84. The summed E-state index contributed by atoms with van der Waals surface area (Å²) in [5.74, 6) is 0.631. The summed E-state index contributed by atoms with van der Waals surface area (Å²) < 4.78 is 11.4. The van der Waals surface area contributed by atoms with Crippen molar-refractivity contribution in [2.45, 2.75) is 25.7 Å². The van der Waals surface area contributed by atoms with Gasteiger partial charge < -0.3 is 5.73 Å². The summed E-state index contributed by atoms with van der Waals surface area (Å²) in [6.07, 6.45) is 6.69. The van der Waals surface area contributed by atoms with Crippen molar-refractivity contribution >= 4 is 10.8 Å². The molecule has 0 aromatic heterocycles. The molecule has 1 rings (SSSR count). The highest BCUT2D eigenvalue weighted by Gasteiger charge is 2.08. The molecule has 1 aliphatic rings. The first-order valence-corrected chi connectivity index (χ1v) is 5.44. The van der Waals surface area contributed by atoms with Gasteiger partial charge in [-0.3, -0.25) is 4.21 Å². The molecule has 3 heteroatoms. The van der Waals surface area contributed by atoms with Gasteiger partial charge in [-0.05, 0) is 25.7 Å². The van der Waals surface area contributed by atoms with Crippen molar-refractivity contribution in [2.75, 3.05) is 12.3 Å². The van der Waals surface area contributed by atoms with Crippen LogP contribution >= 0.6 is 0 Å². The van der Waals surface area contributed by atoms with E-state index in [0.717, 1.165) is 17.7 Å². The van der Waals surface area contributed by atoms with Crippen molar-refractivity contribution in [1.82, 2.24) is 0 Å². The first-order chi connectivity index (χ1) is 5.34. The molecule has 0 amide bonds. The van der Waals surface area contributed by atoms with Crippen LogP contribution in [0.5, 0.6) is 0 Å². The highest BCUT2D eigenvalue weighted by atomic mass is 32.2. The molecule has 0 heterocycles. The van der Waals surface area contributed by atoms with Crippen LogP contribution in [-0.2, 0) is 10.8 Å². The molecule has 1 aliphatic carbocycles. The Bertz CT molecular complexity index is 177. The zero-order valence-electron chi connectivity index (χ0n) is 6.71. The Hall–Kier alpha value is -0.150. The van der Waals surface area contributed by atoms with E-state index in [4.69, 9.17) is 5.73 Å². The Balaban J connectivity index is 2.44. The molecule has 0 bridgehead atoms. The van der Waals surface area contributed by atoms with Gasteiger partial charge in [0, 0.05) is 28.0 Å². The van der Waals surface area contributed by atoms with Crippen molar-refractivity contribution < 1.29 is 4.21 Å². The fourth-order valence-corrected chi connectivity index (χ4v) is 2.41. The summed E-state index contributed by atoms with van der Waals surface area (Å²) in [6, 6.07) is 0. The third-order valence-corrected chi connectivity index (χ3v) is 3.41. The summed E-state index contributed by atoms with van der Waals surface area (Å²) in [4.78, 5) is 1.13. The fraction of sp³-hybridized carbons (Fsp3) is 0.750. The lowest BCUT2D eigenvalue weighted by Gasteiger charge is -2.10. The van der Waals surface area contributed by atoms with Gasteiger partial charge in [0.2, 0.25) is 0 Å². The summed E-state index contributed by atoms with van der Waals surface area (Å²) in [6.45, 7) is 0.532. The van der Waals surface area contributed by atoms with E-state index in [9.17, 15) is 4.21 Å². The van der Waals surface area contributed by atoms with Crippen molar-refractivity contribution in [1.29, 1.82) is 0 Å². The quantitative estimate of drug-likeness (QED) is 0.695. The minimum atomic E-state index is -0.770. The fourth-order valence-electron chi connectivity index (χ4n) is 1.25. The van der Waals surface area contributed by atoms with Crippen molar-refractivity contribution in [2.24, 2.45) is 5.73 Å². The largest absolute Gasteiger partial charge is 0.330 e. The van der Waals surface area contributed by atoms with Crippen molar-refractivity contribution in [3.8, 4) is 0 Å². The second kappa shape index (κ2) is 4.67. The average Bonchev–Trinajstić information content (AvgIpc) is 2.07. The van der Waals surface area contributed by atoms with E-state index < -0.39 is 10.8 Å². The van der Waals surface area contributed by atoms with Crippen LogP contribution in [0.2, 0.25) is 0 Å². The molecule has 1 unspecified atom stereocenters. The summed E-state index contributed by atoms with van der Waals surface area (Å²) >= 11 is 0. The van der Waals surface area contributed by atoms with Gasteiger partial charge in [-0.1, -0.05) is 6.08 Å². The highest BCUT2D eigenvalue weighted by molar-refractivity contribution is 7.89. The second-order valence-electron chi connectivity index (χ2n) is 2.75. The molecule has 0 aliphatic heterocycles. The molecule has 11 heavy (non-hydrogen) atoms. The molecule has 1 atom stereocenters. The maximum absolute atomic E-state index is 11.4. The van der Waals surface area contributed by atoms with Crippen LogP contribution in [0.15, 0.2) is 11.0 Å². The molecular weight excluding hydrogens is 158 g/mol. The number of allylic oxidation sites excluding steroid dienone is 2. The van der Waals surface area contributed by atoms with Gasteiger partial charge in [0.05, 0.1) is 0 Å². The monoisotopic (exact) mass is 173 g/mol. The van der Waals surface area contributed by atoms with Crippen molar-refractivity contribution in [3.05, 3.63) is 11.0 Å². The maximum Gasteiger partial charge on any atom is 0.0497 e. The minimum Gasteiger partial charge on any atom is -0.330 e. The molecule has 0 aromatic carbocycles. The van der Waals surface area contributed by atoms with Gasteiger partial charge in [0.25, 0.3) is 0 Å². The number of hydrogen-bond donors (Lipinski definition) is 1. The molecular formula is C8H15NOS. The number of nitrogens with two attached hydrogens (primary N) is 1. The normalized spacial score (nSPS) is 21.0. The summed E-state index contributed by atoms with van der Waals surface area (Å²) in [5, 5.41) is 0. The third kappa shape index (κ3) is 2.75. The van der Waals surface area contributed by atoms with Gasteiger partial charge in [0.15, 0.2) is 0 Å². The molecule has 2 N–H and O–H groups in total. The zero-order chi connectivity index (χ0) is 8.10. The molecule has 0 radical (unpaired) electrons. The molecule has 0 fully saturated rings. The van der Waals surface area contributed by atoms with Crippen LogP contribution in [0, 0.1) is 0 Å². The Morgan fingerprint density at radius 3 is 2.91 bits per heavy atom. The van der Waals surface area contributed by atoms with E-state index in [-0.39, 0.29) is 0 Å². The van der Waals surface area contributed by atoms with Gasteiger partial charge in [-0.25, -0.2) is 0 Å². The molecule has 0 saturated heterocycles. The molecule has 0 saturated carbocycles. The van der Waals surface area contributed by atoms with Crippen LogP contribution < -0.4 is 5.73 Å². The van der Waals surface area contributed by atoms with E-state index >= 15 is 0 Å². The van der Waals surface area contributed by atoms with Gasteiger partial charge >= 0.3 is 0 Å². The standard InChI is InChI=1S/C8H15NOS/c9-6-7-11(10)8-4-2-1-3-5-8/h4H,1-3,5-7,9H2. The Morgan fingerprint density at radius 1 is 1.55 bits per heavy atom. The number of hydrogen-bond acceptors (Lipinski definition) is 2. The van der Waals surface area contributed by atoms with E-state index in [1.54, 1.807) is 0 Å². The van der Waals surface area contributed by atoms with Crippen LogP contribution in [0.4, 0.5) is 0 Å². The lowest BCUT2D eigenvalue weighted by Crippen LogP contribution is -2.12. The van der Waals surface area contributed by atoms with E-state index in [0.29, 0.717) is 12.3 Å². The Morgan fingerprint density at radius 2 is 2.36 bits per heavy atom. The average molecular weight is 173 g/mol. The zero-order valence-corrected chi connectivity index (χ0v) is 7.53. The van der Waals surface area contributed by atoms with Crippen LogP contribution in [-0.4, -0.2) is 16.5 Å². The summed E-state index contributed by atoms with van der Waals surface area (Å²) in [7, 11) is -0.770. The van der Waals surface area contributed by atoms with Crippen LogP contribution in [0.1, 0.15) is 25.7 Å². The van der Waals surface area contributed by atoms with E-state index in [1.165, 1.54) is 12.8 Å². The molecule has 2 nitrogen and oxygen atoms in total. The maximum atomic E-state index is 11.4. The Labute approximate surface area is 70.3 Å². The molecule has 0 spiro atoms. The Kier molecular flexibility index (Phi) is 3.80. The summed E-state index contributed by atoms with van der Waals surface area (Å²) in [5.41, 5.74) is 5.32. The molecule has 0 aromatic rings. The lowest BCUT2D eigenvalue weighted by molar-refractivity contribution is 0.675. The first kappa shape index (κ1) is 8.94. The van der Waals surface area contributed by atoms with Crippen molar-refractivity contribution in [3.63, 3.8) is 0 Å². The topological polar surface area (TPSA) is 43.1 Å². The lowest BCUT2D eigenvalue weighted by atomic mass is 10.1. The highest BCUT2D eigenvalue weighted by Crippen LogP contribution is 2.19. The predicted octanol–water partition coefficient (Wildman–Crippen LogP) is 1.15. The second-order valence-corrected chi connectivity index (χ2v) is 4.38. The van der Waals surface area contributed by atoms with Crippen LogP contribution in [0.3, 0.4) is 0 Å². The number of rotatable bonds is 3. The first-order valence-electron chi connectivity index (χ1n) is 4.12. The van der Waals surface area contributed by atoms with Crippen LogP contribution in [0.25, 0.3) is 0 Å². The van der Waals surface area contributed by atoms with Gasteiger partial charge in [0.1, 0.15) is 0 Å². The SMILES string of the molecule is NCCS(=O)C1=CCCCC1. The van der Waals surface area contributed by atoms with E-state index in [2.05, 4.69) is 6.08 Å². The minimum absolute atomic E-state index is 0.532. The smallest absolute Gasteiger partial charge is 0.0497 e.